The Morgan fingerprint density at radius 2 is 1.69 bits per heavy atom. The van der Waals surface area contributed by atoms with Crippen LogP contribution in [0.5, 0.6) is 5.75 Å². The smallest absolute Gasteiger partial charge is 0.343 e. The largest absolute Gasteiger partial charge is 0.452 e. The van der Waals surface area contributed by atoms with Gasteiger partial charge in [0.2, 0.25) is 11.2 Å². The molecule has 29 heavy (non-hydrogen) atoms. The highest BCUT2D eigenvalue weighted by Crippen LogP contribution is 2.32. The number of esters is 1. The summed E-state index contributed by atoms with van der Waals surface area (Å²) < 4.78 is 24.5. The van der Waals surface area contributed by atoms with Gasteiger partial charge in [0.15, 0.2) is 5.76 Å². The molecule has 0 aliphatic heterocycles. The van der Waals surface area contributed by atoms with Crippen LogP contribution in [0.25, 0.3) is 22.3 Å². The maximum atomic E-state index is 13.1. The Bertz CT molecular complexity index is 1280. The summed E-state index contributed by atoms with van der Waals surface area (Å²) in [7, 11) is 0. The Kier molecular flexibility index (Phi) is 4.91. The number of hydrogen-bond donors (Lipinski definition) is 0. The number of fused-ring (bicyclic) bond motifs is 1. The van der Waals surface area contributed by atoms with E-state index in [0.717, 1.165) is 17.7 Å². The van der Waals surface area contributed by atoms with E-state index < -0.39 is 17.2 Å². The molecular weight excluding hydrogens is 395 g/mol. The van der Waals surface area contributed by atoms with Gasteiger partial charge in [-0.05, 0) is 49.4 Å². The number of hydrogen-bond acceptors (Lipinski definition) is 4. The molecule has 1 aromatic heterocycles. The summed E-state index contributed by atoms with van der Waals surface area (Å²) in [4.78, 5) is 25.7. The van der Waals surface area contributed by atoms with E-state index >= 15 is 0 Å². The molecule has 4 nitrogen and oxygen atoms in total. The van der Waals surface area contributed by atoms with Crippen LogP contribution in [-0.4, -0.2) is 5.97 Å². The van der Waals surface area contributed by atoms with Crippen molar-refractivity contribution in [2.75, 3.05) is 0 Å². The van der Waals surface area contributed by atoms with Gasteiger partial charge < -0.3 is 9.15 Å². The standard InChI is InChI=1S/C23H14ClFO4/c1-13-2-4-14(5-3-13)21-22(29-23(27)15-6-9-17(25)10-7-15)20(26)18-12-16(24)8-11-19(18)28-21/h2-12H,1H3. The van der Waals surface area contributed by atoms with Gasteiger partial charge in [-0.1, -0.05) is 41.4 Å². The van der Waals surface area contributed by atoms with Gasteiger partial charge in [0, 0.05) is 10.6 Å². The molecule has 0 saturated carbocycles. The lowest BCUT2D eigenvalue weighted by Crippen LogP contribution is -2.16. The van der Waals surface area contributed by atoms with Crippen molar-refractivity contribution in [2.24, 2.45) is 0 Å². The van der Waals surface area contributed by atoms with Gasteiger partial charge in [-0.2, -0.15) is 0 Å². The van der Waals surface area contributed by atoms with Crippen molar-refractivity contribution < 1.29 is 18.3 Å². The van der Waals surface area contributed by atoms with Gasteiger partial charge in [0.1, 0.15) is 11.4 Å². The first-order valence-electron chi connectivity index (χ1n) is 8.73. The quantitative estimate of drug-likeness (QED) is 0.403. The predicted molar refractivity (Wildman–Crippen MR) is 109 cm³/mol. The number of carbonyl (C=O) groups is 1. The third kappa shape index (κ3) is 3.77. The van der Waals surface area contributed by atoms with Crippen LogP contribution in [0, 0.1) is 12.7 Å². The van der Waals surface area contributed by atoms with Gasteiger partial charge >= 0.3 is 5.97 Å². The van der Waals surface area contributed by atoms with E-state index in [4.69, 9.17) is 20.8 Å². The highest BCUT2D eigenvalue weighted by Gasteiger charge is 2.21. The second-order valence-electron chi connectivity index (χ2n) is 6.49. The number of rotatable bonds is 3. The Balaban J connectivity index is 1.89. The zero-order valence-corrected chi connectivity index (χ0v) is 16.0. The SMILES string of the molecule is Cc1ccc(-c2oc3ccc(Cl)cc3c(=O)c2OC(=O)c2ccc(F)cc2)cc1. The Morgan fingerprint density at radius 3 is 2.38 bits per heavy atom. The fraction of sp³-hybridized carbons (Fsp3) is 0.0435. The van der Waals surface area contributed by atoms with E-state index in [9.17, 15) is 14.0 Å². The third-order valence-corrected chi connectivity index (χ3v) is 4.63. The number of halogens is 2. The van der Waals surface area contributed by atoms with Crippen molar-refractivity contribution in [3.63, 3.8) is 0 Å². The van der Waals surface area contributed by atoms with E-state index in [0.29, 0.717) is 16.2 Å². The molecule has 4 aromatic rings. The fourth-order valence-electron chi connectivity index (χ4n) is 2.88. The number of ether oxygens (including phenoxy) is 1. The van der Waals surface area contributed by atoms with Gasteiger partial charge in [-0.25, -0.2) is 9.18 Å². The van der Waals surface area contributed by atoms with E-state index in [1.165, 1.54) is 18.2 Å². The minimum Gasteiger partial charge on any atom is -0.452 e. The summed E-state index contributed by atoms with van der Waals surface area (Å²) in [5.74, 6) is -1.41. The molecule has 0 unspecified atom stereocenters. The van der Waals surface area contributed by atoms with E-state index in [2.05, 4.69) is 0 Å². The molecule has 0 aliphatic rings. The normalized spacial score (nSPS) is 10.9. The molecule has 144 valence electrons. The van der Waals surface area contributed by atoms with Crippen LogP contribution < -0.4 is 10.2 Å². The predicted octanol–water partition coefficient (Wildman–Crippen LogP) is 5.78. The monoisotopic (exact) mass is 408 g/mol. The second-order valence-corrected chi connectivity index (χ2v) is 6.93. The molecule has 4 rings (SSSR count). The average Bonchev–Trinajstić information content (AvgIpc) is 2.71. The summed E-state index contributed by atoms with van der Waals surface area (Å²) in [5, 5.41) is 0.541. The van der Waals surface area contributed by atoms with Crippen molar-refractivity contribution in [1.82, 2.24) is 0 Å². The van der Waals surface area contributed by atoms with Crippen molar-refractivity contribution in [2.45, 2.75) is 6.92 Å². The summed E-state index contributed by atoms with van der Waals surface area (Å²) >= 11 is 6.01. The van der Waals surface area contributed by atoms with Gasteiger partial charge in [0.25, 0.3) is 0 Å². The van der Waals surface area contributed by atoms with Crippen LogP contribution in [0.3, 0.4) is 0 Å². The molecule has 0 saturated heterocycles. The van der Waals surface area contributed by atoms with Crippen molar-refractivity contribution in [3.05, 3.63) is 98.9 Å². The summed E-state index contributed by atoms with van der Waals surface area (Å²) in [6.07, 6.45) is 0. The number of aryl methyl sites for hydroxylation is 1. The van der Waals surface area contributed by atoms with E-state index in [1.807, 2.05) is 19.1 Å². The number of benzene rings is 3. The molecule has 0 fully saturated rings. The average molecular weight is 409 g/mol. The fourth-order valence-corrected chi connectivity index (χ4v) is 3.05. The molecule has 0 amide bonds. The Morgan fingerprint density at radius 1 is 1.00 bits per heavy atom. The highest BCUT2D eigenvalue weighted by molar-refractivity contribution is 6.31. The molecule has 0 aliphatic carbocycles. The summed E-state index contributed by atoms with van der Waals surface area (Å²) in [5.41, 5.74) is 1.49. The van der Waals surface area contributed by atoms with Gasteiger partial charge in [-0.3, -0.25) is 4.79 Å². The van der Waals surface area contributed by atoms with Gasteiger partial charge in [0.05, 0.1) is 10.9 Å². The molecule has 0 N–H and O–H groups in total. The van der Waals surface area contributed by atoms with E-state index in [-0.39, 0.29) is 22.5 Å². The minimum absolute atomic E-state index is 0.104. The first kappa shape index (κ1) is 18.9. The van der Waals surface area contributed by atoms with Crippen LogP contribution >= 0.6 is 11.6 Å². The molecule has 6 heteroatoms. The molecule has 0 atom stereocenters. The highest BCUT2D eigenvalue weighted by atomic mass is 35.5. The lowest BCUT2D eigenvalue weighted by atomic mass is 10.1. The van der Waals surface area contributed by atoms with Gasteiger partial charge in [-0.15, -0.1) is 0 Å². The van der Waals surface area contributed by atoms with E-state index in [1.54, 1.807) is 24.3 Å². The maximum absolute atomic E-state index is 13.1. The maximum Gasteiger partial charge on any atom is 0.343 e. The minimum atomic E-state index is -0.799. The first-order valence-corrected chi connectivity index (χ1v) is 9.11. The number of carbonyl (C=O) groups excluding carboxylic acids is 1. The van der Waals surface area contributed by atoms with Crippen LogP contribution in [0.1, 0.15) is 15.9 Å². The summed E-state index contributed by atoms with van der Waals surface area (Å²) in [6.45, 7) is 1.93. The zero-order chi connectivity index (χ0) is 20.5. The van der Waals surface area contributed by atoms with Crippen molar-refractivity contribution in [1.29, 1.82) is 0 Å². The topological polar surface area (TPSA) is 56.5 Å². The Labute approximate surface area is 170 Å². The van der Waals surface area contributed by atoms with Crippen molar-refractivity contribution >= 4 is 28.5 Å². The Hall–Kier alpha value is -3.44. The van der Waals surface area contributed by atoms with Crippen LogP contribution in [0.15, 0.2) is 75.9 Å². The molecule has 0 spiro atoms. The lowest BCUT2D eigenvalue weighted by molar-refractivity contribution is 0.0731. The van der Waals surface area contributed by atoms with Crippen molar-refractivity contribution in [3.8, 4) is 17.1 Å². The van der Waals surface area contributed by atoms with Crippen LogP contribution in [0.2, 0.25) is 5.02 Å². The molecule has 0 bridgehead atoms. The molecule has 3 aromatic carbocycles. The molecular formula is C23H14ClFO4. The molecule has 0 radical (unpaired) electrons. The van der Waals surface area contributed by atoms with Crippen LogP contribution in [0.4, 0.5) is 4.39 Å². The second kappa shape index (κ2) is 7.53. The third-order valence-electron chi connectivity index (χ3n) is 4.40. The molecule has 1 heterocycles. The first-order chi connectivity index (χ1) is 13.9. The lowest BCUT2D eigenvalue weighted by Gasteiger charge is -2.11. The zero-order valence-electron chi connectivity index (χ0n) is 15.2. The van der Waals surface area contributed by atoms with Crippen LogP contribution in [-0.2, 0) is 0 Å². The summed E-state index contributed by atoms with van der Waals surface area (Å²) in [6, 6.07) is 16.7.